The van der Waals surface area contributed by atoms with Crippen LogP contribution in [0.5, 0.6) is 0 Å². The molecule has 1 amide bonds. The minimum Gasteiger partial charge on any atom is -0.305 e. The Kier molecular flexibility index (Phi) is 3.87. The summed E-state index contributed by atoms with van der Waals surface area (Å²) >= 11 is 1.59. The molecular formula is C13H16N6OS. The number of amidine groups is 1. The van der Waals surface area contributed by atoms with Gasteiger partial charge in [-0.2, -0.15) is 10.1 Å². The molecule has 0 saturated heterocycles. The molecule has 7 nitrogen and oxygen atoms in total. The molecule has 8 heteroatoms. The standard InChI is InChI=1S/C13H16N6OS/c1-8-10(9(2)19-12(17-8)15-7-16-19)3-4-11(20)18-13-14-5-6-21-13/h7H,3-6H2,1-2H3,(H,14,18,20). The minimum atomic E-state index is -0.0133. The van der Waals surface area contributed by atoms with Crippen LogP contribution in [-0.4, -0.2) is 43.0 Å². The maximum Gasteiger partial charge on any atom is 0.252 e. The number of aliphatic imine (C=N–C) groups is 1. The first-order valence-corrected chi connectivity index (χ1v) is 7.76. The third-order valence-corrected chi connectivity index (χ3v) is 4.31. The van der Waals surface area contributed by atoms with Crippen LogP contribution in [0.25, 0.3) is 5.78 Å². The third kappa shape index (κ3) is 2.90. The summed E-state index contributed by atoms with van der Waals surface area (Å²) in [6.07, 6.45) is 2.52. The van der Waals surface area contributed by atoms with E-state index in [1.54, 1.807) is 16.3 Å². The lowest BCUT2D eigenvalue weighted by atomic mass is 10.1. The Bertz CT molecular complexity index is 723. The van der Waals surface area contributed by atoms with E-state index in [2.05, 4.69) is 25.4 Å². The van der Waals surface area contributed by atoms with Crippen molar-refractivity contribution in [2.75, 3.05) is 12.3 Å². The molecule has 1 aliphatic heterocycles. The summed E-state index contributed by atoms with van der Waals surface area (Å²) in [4.78, 5) is 24.7. The average molecular weight is 304 g/mol. The maximum atomic E-state index is 11.9. The molecule has 2 aromatic heterocycles. The quantitative estimate of drug-likeness (QED) is 0.910. The minimum absolute atomic E-state index is 0.0133. The number of nitrogens with zero attached hydrogens (tertiary/aromatic N) is 5. The fourth-order valence-electron chi connectivity index (χ4n) is 2.35. The van der Waals surface area contributed by atoms with E-state index in [-0.39, 0.29) is 5.91 Å². The number of carbonyl (C=O) groups excluding carboxylic acids is 1. The van der Waals surface area contributed by atoms with Crippen molar-refractivity contribution in [2.24, 2.45) is 4.99 Å². The van der Waals surface area contributed by atoms with Crippen LogP contribution in [0.3, 0.4) is 0 Å². The number of aryl methyl sites for hydroxylation is 2. The van der Waals surface area contributed by atoms with Gasteiger partial charge in [-0.1, -0.05) is 11.8 Å². The van der Waals surface area contributed by atoms with Crippen molar-refractivity contribution in [3.63, 3.8) is 0 Å². The number of hydrogen-bond acceptors (Lipinski definition) is 6. The smallest absolute Gasteiger partial charge is 0.252 e. The van der Waals surface area contributed by atoms with Gasteiger partial charge in [0.25, 0.3) is 5.78 Å². The van der Waals surface area contributed by atoms with Gasteiger partial charge < -0.3 is 5.32 Å². The highest BCUT2D eigenvalue weighted by atomic mass is 32.2. The van der Waals surface area contributed by atoms with E-state index in [1.165, 1.54) is 6.33 Å². The molecule has 0 radical (unpaired) electrons. The van der Waals surface area contributed by atoms with Gasteiger partial charge in [-0.3, -0.25) is 9.79 Å². The van der Waals surface area contributed by atoms with Gasteiger partial charge >= 0.3 is 0 Å². The van der Waals surface area contributed by atoms with Crippen molar-refractivity contribution in [3.05, 3.63) is 23.3 Å². The van der Waals surface area contributed by atoms with Gasteiger partial charge in [0.15, 0.2) is 5.17 Å². The van der Waals surface area contributed by atoms with Crippen molar-refractivity contribution < 1.29 is 4.79 Å². The zero-order chi connectivity index (χ0) is 14.8. The van der Waals surface area contributed by atoms with E-state index in [1.807, 2.05) is 13.8 Å². The molecule has 0 bridgehead atoms. The molecule has 3 heterocycles. The highest BCUT2D eigenvalue weighted by Gasteiger charge is 2.14. The van der Waals surface area contributed by atoms with Crippen molar-refractivity contribution in [1.29, 1.82) is 0 Å². The van der Waals surface area contributed by atoms with Crippen LogP contribution in [0, 0.1) is 13.8 Å². The summed E-state index contributed by atoms with van der Waals surface area (Å²) in [5, 5.41) is 7.72. The SMILES string of the molecule is Cc1nc2ncnn2c(C)c1CCC(=O)NC1=NCCS1. The summed E-state index contributed by atoms with van der Waals surface area (Å²) in [5.41, 5.74) is 2.92. The van der Waals surface area contributed by atoms with Crippen molar-refractivity contribution in [3.8, 4) is 0 Å². The maximum absolute atomic E-state index is 11.9. The van der Waals surface area contributed by atoms with Gasteiger partial charge in [-0.25, -0.2) is 9.50 Å². The normalized spacial score (nSPS) is 14.5. The molecule has 0 saturated carbocycles. The van der Waals surface area contributed by atoms with Crippen LogP contribution in [0.1, 0.15) is 23.4 Å². The van der Waals surface area contributed by atoms with Gasteiger partial charge in [0.05, 0.1) is 6.54 Å². The first kappa shape index (κ1) is 14.0. The molecule has 21 heavy (non-hydrogen) atoms. The third-order valence-electron chi connectivity index (χ3n) is 3.42. The van der Waals surface area contributed by atoms with Gasteiger partial charge in [-0.05, 0) is 25.8 Å². The Morgan fingerprint density at radius 3 is 3.10 bits per heavy atom. The average Bonchev–Trinajstić information content (AvgIpc) is 3.09. The van der Waals surface area contributed by atoms with Crippen molar-refractivity contribution in [2.45, 2.75) is 26.7 Å². The van der Waals surface area contributed by atoms with E-state index in [4.69, 9.17) is 0 Å². The zero-order valence-electron chi connectivity index (χ0n) is 12.0. The number of carbonyl (C=O) groups is 1. The number of hydrogen-bond donors (Lipinski definition) is 1. The molecule has 0 aliphatic carbocycles. The van der Waals surface area contributed by atoms with Crippen LogP contribution >= 0.6 is 11.8 Å². The highest BCUT2D eigenvalue weighted by molar-refractivity contribution is 8.14. The monoisotopic (exact) mass is 304 g/mol. The molecule has 0 aromatic carbocycles. The van der Waals surface area contributed by atoms with Crippen LogP contribution in [-0.2, 0) is 11.2 Å². The zero-order valence-corrected chi connectivity index (χ0v) is 12.8. The second-order valence-corrected chi connectivity index (χ2v) is 5.90. The van der Waals surface area contributed by atoms with Crippen LogP contribution < -0.4 is 5.32 Å². The lowest BCUT2D eigenvalue weighted by molar-refractivity contribution is -0.119. The Labute approximate surface area is 126 Å². The number of thioether (sulfide) groups is 1. The Balaban J connectivity index is 1.71. The van der Waals surface area contributed by atoms with Gasteiger partial charge in [0.2, 0.25) is 5.91 Å². The van der Waals surface area contributed by atoms with E-state index in [0.717, 1.165) is 34.4 Å². The molecule has 3 rings (SSSR count). The predicted octanol–water partition coefficient (Wildman–Crippen LogP) is 0.893. The van der Waals surface area contributed by atoms with E-state index in [0.29, 0.717) is 18.6 Å². The number of nitrogens with one attached hydrogen (secondary N) is 1. The summed E-state index contributed by atoms with van der Waals surface area (Å²) in [6, 6.07) is 0. The van der Waals surface area contributed by atoms with Crippen LogP contribution in [0.2, 0.25) is 0 Å². The number of fused-ring (bicyclic) bond motifs is 1. The van der Waals surface area contributed by atoms with Gasteiger partial charge in [-0.15, -0.1) is 0 Å². The molecule has 0 atom stereocenters. The molecule has 0 fully saturated rings. The summed E-state index contributed by atoms with van der Waals surface area (Å²) in [6.45, 7) is 4.69. The fraction of sp³-hybridized carbons (Fsp3) is 0.462. The van der Waals surface area contributed by atoms with E-state index >= 15 is 0 Å². The second-order valence-electron chi connectivity index (χ2n) is 4.82. The predicted molar refractivity (Wildman–Crippen MR) is 81.5 cm³/mol. The summed E-state index contributed by atoms with van der Waals surface area (Å²) < 4.78 is 1.71. The number of amides is 1. The summed E-state index contributed by atoms with van der Waals surface area (Å²) in [7, 11) is 0. The van der Waals surface area contributed by atoms with Crippen molar-refractivity contribution in [1.82, 2.24) is 24.9 Å². The van der Waals surface area contributed by atoms with Crippen molar-refractivity contribution >= 4 is 28.6 Å². The highest BCUT2D eigenvalue weighted by Crippen LogP contribution is 2.15. The lowest BCUT2D eigenvalue weighted by Crippen LogP contribution is -2.27. The Hall–Kier alpha value is -1.96. The molecular weight excluding hydrogens is 288 g/mol. The van der Waals surface area contributed by atoms with Crippen LogP contribution in [0.4, 0.5) is 0 Å². The molecule has 110 valence electrons. The lowest BCUT2D eigenvalue weighted by Gasteiger charge is -2.10. The summed E-state index contributed by atoms with van der Waals surface area (Å²) in [5.74, 6) is 1.52. The first-order chi connectivity index (χ1) is 10.1. The van der Waals surface area contributed by atoms with E-state index in [9.17, 15) is 4.79 Å². The number of aromatic nitrogens is 4. The topological polar surface area (TPSA) is 84.5 Å². The van der Waals surface area contributed by atoms with Gasteiger partial charge in [0, 0.05) is 23.6 Å². The largest absolute Gasteiger partial charge is 0.305 e. The molecule has 0 spiro atoms. The van der Waals surface area contributed by atoms with Crippen LogP contribution in [0.15, 0.2) is 11.3 Å². The second kappa shape index (κ2) is 5.80. The number of rotatable bonds is 3. The molecule has 0 unspecified atom stereocenters. The fourth-order valence-corrected chi connectivity index (χ4v) is 3.09. The van der Waals surface area contributed by atoms with E-state index < -0.39 is 0 Å². The molecule has 1 N–H and O–H groups in total. The van der Waals surface area contributed by atoms with Gasteiger partial charge in [0.1, 0.15) is 6.33 Å². The Morgan fingerprint density at radius 1 is 1.48 bits per heavy atom. The molecule has 2 aromatic rings. The first-order valence-electron chi connectivity index (χ1n) is 6.78. The molecule has 1 aliphatic rings. The Morgan fingerprint density at radius 2 is 2.33 bits per heavy atom.